The molecule has 0 aliphatic rings. The van der Waals surface area contributed by atoms with E-state index in [2.05, 4.69) is 66.2 Å². The molecular formula is C18H28OSi. The van der Waals surface area contributed by atoms with E-state index in [0.717, 1.165) is 11.3 Å². The second-order valence-electron chi connectivity index (χ2n) is 6.49. The van der Waals surface area contributed by atoms with Gasteiger partial charge in [-0.05, 0) is 35.2 Å². The highest BCUT2D eigenvalue weighted by Gasteiger charge is 2.42. The summed E-state index contributed by atoms with van der Waals surface area (Å²) in [5.74, 6) is 0.874. The minimum atomic E-state index is -1.68. The van der Waals surface area contributed by atoms with Crippen LogP contribution in [0.5, 0.6) is 5.75 Å². The molecule has 0 spiro atoms. The molecule has 0 N–H and O–H groups in total. The molecule has 1 nitrogen and oxygen atoms in total. The average Bonchev–Trinajstić information content (AvgIpc) is 2.35. The van der Waals surface area contributed by atoms with E-state index in [1.807, 2.05) is 18.2 Å². The summed E-state index contributed by atoms with van der Waals surface area (Å²) in [7, 11) is -1.68. The molecule has 110 valence electrons. The minimum absolute atomic E-state index is 0.635. The van der Waals surface area contributed by atoms with Gasteiger partial charge in [-0.2, -0.15) is 0 Å². The first-order valence-corrected chi connectivity index (χ1v) is 9.80. The van der Waals surface area contributed by atoms with Crippen molar-refractivity contribution >= 4 is 8.07 Å². The van der Waals surface area contributed by atoms with Gasteiger partial charge in [0.2, 0.25) is 0 Å². The normalized spacial score (nSPS) is 11.7. The predicted molar refractivity (Wildman–Crippen MR) is 90.6 cm³/mol. The number of rotatable bonds is 4. The number of aryl methyl sites for hydroxylation is 1. The molecule has 0 heterocycles. The molecular weight excluding hydrogens is 260 g/mol. The van der Waals surface area contributed by atoms with E-state index in [1.54, 1.807) is 0 Å². The van der Waals surface area contributed by atoms with Gasteiger partial charge in [0, 0.05) is 0 Å². The molecule has 0 aliphatic carbocycles. The molecule has 0 fully saturated rings. The van der Waals surface area contributed by atoms with Crippen LogP contribution >= 0.6 is 0 Å². The van der Waals surface area contributed by atoms with Crippen LogP contribution in [0.1, 0.15) is 47.1 Å². The van der Waals surface area contributed by atoms with E-state index in [1.165, 1.54) is 0 Å². The summed E-state index contributed by atoms with van der Waals surface area (Å²) in [6, 6.07) is 8.04. The summed E-state index contributed by atoms with van der Waals surface area (Å²) in [6.07, 6.45) is 3.04. The van der Waals surface area contributed by atoms with Crippen molar-refractivity contribution in [3.05, 3.63) is 29.8 Å². The summed E-state index contributed by atoms with van der Waals surface area (Å²) >= 11 is 0. The van der Waals surface area contributed by atoms with Crippen molar-refractivity contribution in [3.63, 3.8) is 0 Å². The summed E-state index contributed by atoms with van der Waals surface area (Å²) in [6.45, 7) is 15.9. The number of hydrogen-bond acceptors (Lipinski definition) is 1. The van der Waals surface area contributed by atoms with Gasteiger partial charge < -0.3 is 4.74 Å². The summed E-state index contributed by atoms with van der Waals surface area (Å²) in [5, 5.41) is 0. The monoisotopic (exact) mass is 288 g/mol. The van der Waals surface area contributed by atoms with Gasteiger partial charge in [0.05, 0.1) is 0 Å². The first-order valence-electron chi connectivity index (χ1n) is 7.57. The second-order valence-corrected chi connectivity index (χ2v) is 12.1. The SMILES string of the molecule is Cc1ccccc1OC#C[Si](C(C)C)(C(C)C)C(C)C. The molecule has 1 rings (SSSR count). The third-order valence-electron chi connectivity index (χ3n) is 4.39. The molecule has 0 aromatic heterocycles. The zero-order valence-electron chi connectivity index (χ0n) is 13.9. The number of ether oxygens (including phenoxy) is 1. The van der Waals surface area contributed by atoms with Crippen LogP contribution in [0.2, 0.25) is 16.6 Å². The number of hydrogen-bond donors (Lipinski definition) is 0. The van der Waals surface area contributed by atoms with E-state index in [-0.39, 0.29) is 0 Å². The van der Waals surface area contributed by atoms with Gasteiger partial charge in [-0.3, -0.25) is 0 Å². The molecule has 0 aliphatic heterocycles. The van der Waals surface area contributed by atoms with Crippen LogP contribution < -0.4 is 4.74 Å². The summed E-state index contributed by atoms with van der Waals surface area (Å²) in [4.78, 5) is 0. The molecule has 20 heavy (non-hydrogen) atoms. The second kappa shape index (κ2) is 6.99. The molecule has 0 saturated carbocycles. The Labute approximate surface area is 125 Å². The van der Waals surface area contributed by atoms with Crippen LogP contribution in [-0.2, 0) is 0 Å². The molecule has 0 bridgehead atoms. The van der Waals surface area contributed by atoms with Crippen molar-refractivity contribution in [3.8, 4) is 17.4 Å². The number of benzene rings is 1. The van der Waals surface area contributed by atoms with Crippen LogP contribution in [-0.4, -0.2) is 8.07 Å². The van der Waals surface area contributed by atoms with Gasteiger partial charge in [-0.1, -0.05) is 65.3 Å². The maximum absolute atomic E-state index is 5.72. The van der Waals surface area contributed by atoms with Gasteiger partial charge in [0.1, 0.15) is 11.9 Å². The molecule has 1 aromatic carbocycles. The Hall–Kier alpha value is -1.20. The fourth-order valence-electron chi connectivity index (χ4n) is 3.27. The van der Waals surface area contributed by atoms with E-state index >= 15 is 0 Å². The van der Waals surface area contributed by atoms with Crippen molar-refractivity contribution < 1.29 is 4.74 Å². The molecule has 1 aromatic rings. The van der Waals surface area contributed by atoms with Gasteiger partial charge in [-0.25, -0.2) is 0 Å². The zero-order valence-corrected chi connectivity index (χ0v) is 14.9. The Bertz CT molecular complexity index is 470. The number of para-hydroxylation sites is 1. The Morgan fingerprint density at radius 2 is 1.40 bits per heavy atom. The van der Waals surface area contributed by atoms with Crippen molar-refractivity contribution in [1.82, 2.24) is 0 Å². The van der Waals surface area contributed by atoms with Gasteiger partial charge >= 0.3 is 0 Å². The fourth-order valence-corrected chi connectivity index (χ4v) is 8.37. The summed E-state index contributed by atoms with van der Waals surface area (Å²) in [5.41, 5.74) is 6.61. The Kier molecular flexibility index (Phi) is 5.89. The van der Waals surface area contributed by atoms with E-state index in [0.29, 0.717) is 16.6 Å². The third-order valence-corrected chi connectivity index (χ3v) is 10.7. The topological polar surface area (TPSA) is 9.23 Å². The average molecular weight is 289 g/mol. The fraction of sp³-hybridized carbons (Fsp3) is 0.556. The highest BCUT2D eigenvalue weighted by Crippen LogP contribution is 2.40. The maximum atomic E-state index is 5.72. The molecule has 0 unspecified atom stereocenters. The smallest absolute Gasteiger partial charge is 0.150 e. The van der Waals surface area contributed by atoms with E-state index in [9.17, 15) is 0 Å². The van der Waals surface area contributed by atoms with Crippen LogP contribution in [0, 0.1) is 18.6 Å². The van der Waals surface area contributed by atoms with Crippen LogP contribution in [0.3, 0.4) is 0 Å². The first kappa shape index (κ1) is 16.9. The van der Waals surface area contributed by atoms with Crippen molar-refractivity contribution in [1.29, 1.82) is 0 Å². The van der Waals surface area contributed by atoms with Crippen molar-refractivity contribution in [2.45, 2.75) is 65.1 Å². The lowest BCUT2D eigenvalue weighted by Gasteiger charge is -2.37. The van der Waals surface area contributed by atoms with Gasteiger partial charge in [0.15, 0.2) is 8.07 Å². The molecule has 2 heteroatoms. The van der Waals surface area contributed by atoms with E-state index < -0.39 is 8.07 Å². The van der Waals surface area contributed by atoms with Crippen LogP contribution in [0.4, 0.5) is 0 Å². The lowest BCUT2D eigenvalue weighted by molar-refractivity contribution is 0.515. The van der Waals surface area contributed by atoms with Crippen LogP contribution in [0.25, 0.3) is 0 Å². The summed E-state index contributed by atoms with van der Waals surface area (Å²) < 4.78 is 5.72. The Balaban J connectivity index is 3.04. The highest BCUT2D eigenvalue weighted by molar-refractivity contribution is 6.90. The lowest BCUT2D eigenvalue weighted by atomic mass is 10.2. The van der Waals surface area contributed by atoms with Crippen LogP contribution in [0.15, 0.2) is 24.3 Å². The largest absolute Gasteiger partial charge is 0.408 e. The molecule has 0 radical (unpaired) electrons. The van der Waals surface area contributed by atoms with Crippen molar-refractivity contribution in [2.24, 2.45) is 0 Å². The Morgan fingerprint density at radius 3 is 1.85 bits per heavy atom. The Morgan fingerprint density at radius 1 is 0.900 bits per heavy atom. The lowest BCUT2D eigenvalue weighted by Crippen LogP contribution is -2.43. The quantitative estimate of drug-likeness (QED) is 0.521. The molecule has 0 amide bonds. The highest BCUT2D eigenvalue weighted by atomic mass is 28.3. The molecule has 0 saturated heterocycles. The van der Waals surface area contributed by atoms with Crippen molar-refractivity contribution in [2.75, 3.05) is 0 Å². The van der Waals surface area contributed by atoms with E-state index in [4.69, 9.17) is 4.74 Å². The third kappa shape index (κ3) is 3.46. The first-order chi connectivity index (χ1) is 9.32. The maximum Gasteiger partial charge on any atom is 0.150 e. The predicted octanol–water partition coefficient (Wildman–Crippen LogP) is 5.55. The molecule has 0 atom stereocenters. The van der Waals surface area contributed by atoms with Gasteiger partial charge in [0.25, 0.3) is 0 Å². The standard InChI is InChI=1S/C18H28OSi/c1-14(2)20(15(3)4,16(5)6)13-12-19-18-11-9-8-10-17(18)7/h8-11,14-16H,1-7H3. The zero-order chi connectivity index (χ0) is 15.3. The minimum Gasteiger partial charge on any atom is -0.408 e. The van der Waals surface area contributed by atoms with Gasteiger partial charge in [-0.15, -0.1) is 0 Å².